The van der Waals surface area contributed by atoms with Gasteiger partial charge in [-0.1, -0.05) is 0 Å². The minimum atomic E-state index is -3.59. The van der Waals surface area contributed by atoms with Gasteiger partial charge in [0, 0.05) is 32.7 Å². The molecule has 2 aliphatic rings. The van der Waals surface area contributed by atoms with Crippen molar-refractivity contribution in [3.63, 3.8) is 0 Å². The van der Waals surface area contributed by atoms with Crippen molar-refractivity contribution in [3.8, 4) is 5.75 Å². The smallest absolute Gasteiger partial charge is 0.243 e. The minimum Gasteiger partial charge on any atom is -0.496 e. The molecule has 2 heterocycles. The van der Waals surface area contributed by atoms with Crippen LogP contribution in [-0.2, 0) is 30.7 Å². The number of hydrogen-bond donors (Lipinski definition) is 1. The fraction of sp³-hybridized carbons (Fsp3) is 0.632. The molecule has 1 N–H and O–H groups in total. The highest BCUT2D eigenvalue weighted by atomic mass is 32.2. The average Bonchev–Trinajstić information content (AvgIpc) is 3.24. The second-order valence-corrected chi connectivity index (χ2v) is 8.87. The molecule has 0 saturated carbocycles. The molecule has 2 saturated heterocycles. The Balaban J connectivity index is 1.64. The summed E-state index contributed by atoms with van der Waals surface area (Å²) in [7, 11) is -2.05. The number of benzene rings is 1. The van der Waals surface area contributed by atoms with Crippen LogP contribution in [0.2, 0.25) is 0 Å². The van der Waals surface area contributed by atoms with Gasteiger partial charge in [-0.2, -0.15) is 4.31 Å². The van der Waals surface area contributed by atoms with Crippen molar-refractivity contribution >= 4 is 15.9 Å². The van der Waals surface area contributed by atoms with Crippen LogP contribution < -0.4 is 10.1 Å². The molecule has 156 valence electrons. The van der Waals surface area contributed by atoms with Gasteiger partial charge in [0.15, 0.2) is 0 Å². The summed E-state index contributed by atoms with van der Waals surface area (Å²) < 4.78 is 43.2. The number of sulfonamides is 1. The van der Waals surface area contributed by atoms with Crippen LogP contribution in [0.3, 0.4) is 0 Å². The first-order valence-electron chi connectivity index (χ1n) is 9.64. The van der Waals surface area contributed by atoms with Crippen LogP contribution in [0, 0.1) is 0 Å². The van der Waals surface area contributed by atoms with E-state index in [9.17, 15) is 13.2 Å². The predicted molar refractivity (Wildman–Crippen MR) is 103 cm³/mol. The van der Waals surface area contributed by atoms with Gasteiger partial charge in [0.1, 0.15) is 5.75 Å². The quantitative estimate of drug-likeness (QED) is 0.683. The molecule has 1 aromatic rings. The largest absolute Gasteiger partial charge is 0.496 e. The number of amides is 1. The van der Waals surface area contributed by atoms with Crippen molar-refractivity contribution in [2.24, 2.45) is 0 Å². The molecule has 0 unspecified atom stereocenters. The zero-order valence-corrected chi connectivity index (χ0v) is 17.0. The van der Waals surface area contributed by atoms with Crippen molar-refractivity contribution in [3.05, 3.63) is 23.8 Å². The molecule has 3 rings (SSSR count). The van der Waals surface area contributed by atoms with Gasteiger partial charge in [-0.25, -0.2) is 8.42 Å². The van der Waals surface area contributed by atoms with E-state index in [0.29, 0.717) is 50.6 Å². The highest BCUT2D eigenvalue weighted by Crippen LogP contribution is 2.26. The Morgan fingerprint density at radius 1 is 1.29 bits per heavy atom. The number of methoxy groups -OCH3 is 1. The Hall–Kier alpha value is -1.68. The fourth-order valence-corrected chi connectivity index (χ4v) is 4.88. The van der Waals surface area contributed by atoms with Crippen molar-refractivity contribution < 1.29 is 27.4 Å². The van der Waals surface area contributed by atoms with E-state index < -0.39 is 10.0 Å². The van der Waals surface area contributed by atoms with Crippen LogP contribution in [-0.4, -0.2) is 71.3 Å². The number of ether oxygens (including phenoxy) is 3. The summed E-state index contributed by atoms with van der Waals surface area (Å²) in [5.74, 6) is 0.492. The zero-order chi connectivity index (χ0) is 20.0. The van der Waals surface area contributed by atoms with Crippen molar-refractivity contribution in [1.82, 2.24) is 9.62 Å². The van der Waals surface area contributed by atoms with E-state index in [1.165, 1.54) is 11.4 Å². The number of nitrogens with one attached hydrogen (secondary N) is 1. The Morgan fingerprint density at radius 3 is 2.75 bits per heavy atom. The molecule has 1 amide bonds. The normalized spacial score (nSPS) is 20.8. The van der Waals surface area contributed by atoms with Crippen molar-refractivity contribution in [2.45, 2.75) is 36.7 Å². The van der Waals surface area contributed by atoms with E-state index in [1.54, 1.807) is 18.2 Å². The standard InChI is InChI=1S/C19H28N2O6S/c1-25-18-6-5-17(28(23,24)21-8-11-26-12-9-21)13-15(18)4-7-19(22)20-14-16-3-2-10-27-16/h5-6,13,16H,2-4,7-12,14H2,1H3,(H,20,22)/t16-/m1/s1. The molecule has 2 aliphatic heterocycles. The Bertz CT molecular complexity index is 771. The first kappa shape index (κ1) is 21.0. The lowest BCUT2D eigenvalue weighted by atomic mass is 10.1. The first-order chi connectivity index (χ1) is 13.5. The van der Waals surface area contributed by atoms with Gasteiger partial charge in [-0.05, 0) is 43.0 Å². The van der Waals surface area contributed by atoms with E-state index in [0.717, 1.165) is 19.4 Å². The van der Waals surface area contributed by atoms with E-state index >= 15 is 0 Å². The second-order valence-electron chi connectivity index (χ2n) is 6.93. The Kier molecular flexibility index (Phi) is 7.28. The van der Waals surface area contributed by atoms with Crippen LogP contribution in [0.5, 0.6) is 5.75 Å². The molecule has 0 spiro atoms. The highest BCUT2D eigenvalue weighted by molar-refractivity contribution is 7.89. The number of carbonyl (C=O) groups excluding carboxylic acids is 1. The van der Waals surface area contributed by atoms with E-state index in [1.807, 2.05) is 0 Å². The summed E-state index contributed by atoms with van der Waals surface area (Å²) in [5, 5.41) is 2.88. The van der Waals surface area contributed by atoms with Gasteiger partial charge in [0.2, 0.25) is 15.9 Å². The predicted octanol–water partition coefficient (Wildman–Crippen LogP) is 0.944. The lowest BCUT2D eigenvalue weighted by molar-refractivity contribution is -0.121. The third-order valence-corrected chi connectivity index (χ3v) is 6.93. The maximum absolute atomic E-state index is 12.9. The summed E-state index contributed by atoms with van der Waals surface area (Å²) in [5.41, 5.74) is 0.698. The van der Waals surface area contributed by atoms with Crippen molar-refractivity contribution in [2.75, 3.05) is 46.6 Å². The van der Waals surface area contributed by atoms with Crippen LogP contribution in [0.25, 0.3) is 0 Å². The summed E-state index contributed by atoms with van der Waals surface area (Å²) in [6.45, 7) is 2.74. The van der Waals surface area contributed by atoms with Gasteiger partial charge < -0.3 is 19.5 Å². The van der Waals surface area contributed by atoms with Gasteiger partial charge in [-0.15, -0.1) is 0 Å². The minimum absolute atomic E-state index is 0.0843. The molecular formula is C19H28N2O6S. The topological polar surface area (TPSA) is 94.2 Å². The molecule has 0 aromatic heterocycles. The number of morpholine rings is 1. The van der Waals surface area contributed by atoms with Crippen molar-refractivity contribution in [1.29, 1.82) is 0 Å². The summed E-state index contributed by atoms with van der Waals surface area (Å²) in [6, 6.07) is 4.80. The van der Waals surface area contributed by atoms with Crippen LogP contribution >= 0.6 is 0 Å². The molecule has 1 aromatic carbocycles. The number of rotatable bonds is 8. The maximum atomic E-state index is 12.9. The Labute approximate surface area is 166 Å². The van der Waals surface area contributed by atoms with E-state index in [-0.39, 0.29) is 23.3 Å². The third kappa shape index (κ3) is 5.22. The fourth-order valence-electron chi connectivity index (χ4n) is 3.42. The Morgan fingerprint density at radius 2 is 2.07 bits per heavy atom. The molecule has 1 atom stereocenters. The lowest BCUT2D eigenvalue weighted by Gasteiger charge is -2.26. The number of nitrogens with zero attached hydrogens (tertiary/aromatic N) is 1. The van der Waals surface area contributed by atoms with Gasteiger partial charge in [0.25, 0.3) is 0 Å². The highest BCUT2D eigenvalue weighted by Gasteiger charge is 2.27. The van der Waals surface area contributed by atoms with Gasteiger partial charge in [-0.3, -0.25) is 4.79 Å². The van der Waals surface area contributed by atoms with Crippen LogP contribution in [0.15, 0.2) is 23.1 Å². The summed E-state index contributed by atoms with van der Waals surface area (Å²) in [6.07, 6.45) is 2.75. The number of hydrogen-bond acceptors (Lipinski definition) is 6. The first-order valence-corrected chi connectivity index (χ1v) is 11.1. The second kappa shape index (κ2) is 9.69. The summed E-state index contributed by atoms with van der Waals surface area (Å²) in [4.78, 5) is 12.4. The SMILES string of the molecule is COc1ccc(S(=O)(=O)N2CCOCC2)cc1CCC(=O)NC[C@H]1CCCO1. The molecule has 0 aliphatic carbocycles. The van der Waals surface area contributed by atoms with E-state index in [2.05, 4.69) is 5.32 Å². The molecule has 0 bridgehead atoms. The number of aryl methyl sites for hydroxylation is 1. The third-order valence-electron chi connectivity index (χ3n) is 5.03. The molecule has 8 nitrogen and oxygen atoms in total. The maximum Gasteiger partial charge on any atom is 0.243 e. The average molecular weight is 413 g/mol. The molecule has 9 heteroatoms. The van der Waals surface area contributed by atoms with Gasteiger partial charge in [0.05, 0.1) is 31.3 Å². The summed E-state index contributed by atoms with van der Waals surface area (Å²) >= 11 is 0. The zero-order valence-electron chi connectivity index (χ0n) is 16.2. The number of carbonyl (C=O) groups is 1. The van der Waals surface area contributed by atoms with E-state index in [4.69, 9.17) is 14.2 Å². The molecule has 0 radical (unpaired) electrons. The van der Waals surface area contributed by atoms with Gasteiger partial charge >= 0.3 is 0 Å². The van der Waals surface area contributed by atoms with Crippen LogP contribution in [0.1, 0.15) is 24.8 Å². The molecular weight excluding hydrogens is 384 g/mol. The lowest BCUT2D eigenvalue weighted by Crippen LogP contribution is -2.40. The van der Waals surface area contributed by atoms with Crippen LogP contribution in [0.4, 0.5) is 0 Å². The monoisotopic (exact) mass is 412 g/mol. The molecule has 2 fully saturated rings. The molecule has 28 heavy (non-hydrogen) atoms.